The summed E-state index contributed by atoms with van der Waals surface area (Å²) in [5.41, 5.74) is 0. The maximum absolute atomic E-state index is 3.75. The van der Waals surface area contributed by atoms with Gasteiger partial charge in [0.15, 0.2) is 0 Å². The van der Waals surface area contributed by atoms with E-state index in [2.05, 4.69) is 19.2 Å². The molecular formula is C11H21N. The molecule has 0 aliphatic heterocycles. The van der Waals surface area contributed by atoms with Crippen LogP contribution in [0.2, 0.25) is 0 Å². The van der Waals surface area contributed by atoms with E-state index in [1.54, 1.807) is 0 Å². The van der Waals surface area contributed by atoms with Crippen LogP contribution < -0.4 is 5.32 Å². The van der Waals surface area contributed by atoms with E-state index < -0.39 is 0 Å². The van der Waals surface area contributed by atoms with Gasteiger partial charge in [0.2, 0.25) is 0 Å². The van der Waals surface area contributed by atoms with Crippen molar-refractivity contribution in [1.29, 1.82) is 0 Å². The highest BCUT2D eigenvalue weighted by molar-refractivity contribution is 4.88. The molecule has 0 bridgehead atoms. The van der Waals surface area contributed by atoms with E-state index in [9.17, 15) is 0 Å². The molecule has 1 atom stereocenters. The van der Waals surface area contributed by atoms with Crippen molar-refractivity contribution in [1.82, 2.24) is 5.32 Å². The van der Waals surface area contributed by atoms with Crippen molar-refractivity contribution in [2.75, 3.05) is 0 Å². The number of hydrogen-bond donors (Lipinski definition) is 1. The third-order valence-corrected chi connectivity index (χ3v) is 3.73. The van der Waals surface area contributed by atoms with Gasteiger partial charge in [-0.05, 0) is 44.4 Å². The van der Waals surface area contributed by atoms with E-state index in [4.69, 9.17) is 0 Å². The topological polar surface area (TPSA) is 12.0 Å². The zero-order valence-corrected chi connectivity index (χ0v) is 8.34. The Balaban J connectivity index is 1.65. The van der Waals surface area contributed by atoms with Crippen molar-refractivity contribution in [3.05, 3.63) is 0 Å². The Hall–Kier alpha value is -0.0400. The van der Waals surface area contributed by atoms with Crippen LogP contribution in [0.3, 0.4) is 0 Å². The van der Waals surface area contributed by atoms with Gasteiger partial charge in [-0.2, -0.15) is 0 Å². The van der Waals surface area contributed by atoms with Crippen molar-refractivity contribution in [3.63, 3.8) is 0 Å². The molecule has 2 rings (SSSR count). The summed E-state index contributed by atoms with van der Waals surface area (Å²) in [5.74, 6) is 1.98. The molecule has 0 aromatic rings. The molecule has 70 valence electrons. The normalized spacial score (nSPS) is 38.5. The molecule has 2 aliphatic rings. The predicted octanol–water partition coefficient (Wildman–Crippen LogP) is 2.56. The standard InChI is InChI=1S/C11H21N/c1-8-6-11(7-8)12-9(2)10-4-3-5-10/h8-12H,3-7H2,1-2H3. The van der Waals surface area contributed by atoms with Gasteiger partial charge in [-0.3, -0.25) is 0 Å². The Morgan fingerprint density at radius 3 is 2.33 bits per heavy atom. The van der Waals surface area contributed by atoms with Crippen LogP contribution in [0.4, 0.5) is 0 Å². The first-order chi connectivity index (χ1) is 5.75. The third kappa shape index (κ3) is 1.66. The predicted molar refractivity (Wildman–Crippen MR) is 52.1 cm³/mol. The second-order valence-electron chi connectivity index (χ2n) is 4.92. The summed E-state index contributed by atoms with van der Waals surface area (Å²) in [6.07, 6.45) is 7.23. The lowest BCUT2D eigenvalue weighted by atomic mass is 9.77. The van der Waals surface area contributed by atoms with Gasteiger partial charge in [-0.25, -0.2) is 0 Å². The lowest BCUT2D eigenvalue weighted by molar-refractivity contribution is 0.169. The van der Waals surface area contributed by atoms with E-state index in [1.807, 2.05) is 0 Å². The van der Waals surface area contributed by atoms with Gasteiger partial charge in [0, 0.05) is 12.1 Å². The average Bonchev–Trinajstić information content (AvgIpc) is 1.79. The molecule has 0 aromatic carbocycles. The zero-order chi connectivity index (χ0) is 8.55. The molecule has 1 N–H and O–H groups in total. The number of rotatable bonds is 3. The Kier molecular flexibility index (Phi) is 2.40. The summed E-state index contributed by atoms with van der Waals surface area (Å²) in [6.45, 7) is 4.72. The molecule has 12 heavy (non-hydrogen) atoms. The van der Waals surface area contributed by atoms with Gasteiger partial charge >= 0.3 is 0 Å². The molecular weight excluding hydrogens is 146 g/mol. The first-order valence-electron chi connectivity index (χ1n) is 5.51. The fraction of sp³-hybridized carbons (Fsp3) is 1.00. The van der Waals surface area contributed by atoms with Crippen molar-refractivity contribution in [2.45, 2.75) is 58.0 Å². The SMILES string of the molecule is CC1CC(NC(C)C2CCC2)C1. The van der Waals surface area contributed by atoms with Gasteiger partial charge < -0.3 is 5.32 Å². The van der Waals surface area contributed by atoms with Crippen LogP contribution in [0, 0.1) is 11.8 Å². The Morgan fingerprint density at radius 2 is 1.92 bits per heavy atom. The summed E-state index contributed by atoms with van der Waals surface area (Å²) in [6, 6.07) is 1.65. The van der Waals surface area contributed by atoms with E-state index in [1.165, 1.54) is 32.1 Å². The molecule has 2 aliphatic carbocycles. The highest BCUT2D eigenvalue weighted by atomic mass is 15.0. The molecule has 2 fully saturated rings. The highest BCUT2D eigenvalue weighted by Crippen LogP contribution is 2.32. The smallest absolute Gasteiger partial charge is 0.00747 e. The Bertz CT molecular complexity index is 145. The van der Waals surface area contributed by atoms with Crippen LogP contribution in [0.1, 0.15) is 46.0 Å². The van der Waals surface area contributed by atoms with Crippen molar-refractivity contribution in [3.8, 4) is 0 Å². The lowest BCUT2D eigenvalue weighted by Gasteiger charge is -2.40. The van der Waals surface area contributed by atoms with Crippen LogP contribution in [-0.4, -0.2) is 12.1 Å². The molecule has 1 heteroatoms. The molecule has 0 aromatic heterocycles. The summed E-state index contributed by atoms with van der Waals surface area (Å²) in [5, 5.41) is 3.75. The zero-order valence-electron chi connectivity index (χ0n) is 8.34. The number of nitrogens with one attached hydrogen (secondary N) is 1. The Morgan fingerprint density at radius 1 is 1.25 bits per heavy atom. The maximum Gasteiger partial charge on any atom is 0.00747 e. The summed E-state index contributed by atoms with van der Waals surface area (Å²) in [7, 11) is 0. The van der Waals surface area contributed by atoms with Crippen molar-refractivity contribution < 1.29 is 0 Å². The monoisotopic (exact) mass is 167 g/mol. The van der Waals surface area contributed by atoms with E-state index >= 15 is 0 Å². The van der Waals surface area contributed by atoms with Crippen LogP contribution in [0.5, 0.6) is 0 Å². The van der Waals surface area contributed by atoms with Gasteiger partial charge in [-0.1, -0.05) is 13.3 Å². The first-order valence-corrected chi connectivity index (χ1v) is 5.51. The minimum atomic E-state index is 0.788. The van der Waals surface area contributed by atoms with Gasteiger partial charge in [0.05, 0.1) is 0 Å². The molecule has 0 amide bonds. The molecule has 0 saturated heterocycles. The van der Waals surface area contributed by atoms with Gasteiger partial charge in [0.1, 0.15) is 0 Å². The second kappa shape index (κ2) is 3.37. The average molecular weight is 167 g/mol. The molecule has 1 nitrogen and oxygen atoms in total. The molecule has 2 saturated carbocycles. The minimum absolute atomic E-state index is 0.788. The van der Waals surface area contributed by atoms with Crippen LogP contribution >= 0.6 is 0 Å². The largest absolute Gasteiger partial charge is 0.311 e. The van der Waals surface area contributed by atoms with Crippen molar-refractivity contribution >= 4 is 0 Å². The quantitative estimate of drug-likeness (QED) is 0.681. The molecule has 0 heterocycles. The summed E-state index contributed by atoms with van der Waals surface area (Å²) < 4.78 is 0. The fourth-order valence-electron chi connectivity index (χ4n) is 2.49. The molecule has 0 spiro atoms. The lowest BCUT2D eigenvalue weighted by Crippen LogP contribution is -2.48. The highest BCUT2D eigenvalue weighted by Gasteiger charge is 2.30. The maximum atomic E-state index is 3.75. The fourth-order valence-corrected chi connectivity index (χ4v) is 2.49. The second-order valence-corrected chi connectivity index (χ2v) is 4.92. The van der Waals surface area contributed by atoms with Gasteiger partial charge in [-0.15, -0.1) is 0 Å². The van der Waals surface area contributed by atoms with Crippen LogP contribution in [0.25, 0.3) is 0 Å². The summed E-state index contributed by atoms with van der Waals surface area (Å²) in [4.78, 5) is 0. The van der Waals surface area contributed by atoms with E-state index in [0.29, 0.717) is 0 Å². The van der Waals surface area contributed by atoms with E-state index in [-0.39, 0.29) is 0 Å². The van der Waals surface area contributed by atoms with Crippen molar-refractivity contribution in [2.24, 2.45) is 11.8 Å². The third-order valence-electron chi connectivity index (χ3n) is 3.73. The Labute approximate surface area is 75.9 Å². The van der Waals surface area contributed by atoms with Crippen LogP contribution in [-0.2, 0) is 0 Å². The van der Waals surface area contributed by atoms with E-state index in [0.717, 1.165) is 23.9 Å². The first kappa shape index (κ1) is 8.55. The molecule has 0 radical (unpaired) electrons. The number of hydrogen-bond acceptors (Lipinski definition) is 1. The summed E-state index contributed by atoms with van der Waals surface area (Å²) >= 11 is 0. The minimum Gasteiger partial charge on any atom is -0.311 e. The van der Waals surface area contributed by atoms with Gasteiger partial charge in [0.25, 0.3) is 0 Å². The van der Waals surface area contributed by atoms with Crippen LogP contribution in [0.15, 0.2) is 0 Å². The molecule has 1 unspecified atom stereocenters.